The SMILES string of the molecule is c1ccc(-c2ccc(-c3cccc4c3sc3c(-c5nc(-c6ccccc6)nc(-c6ccccc6)n5)cccc34)cc2)cc1. The van der Waals surface area contributed by atoms with Gasteiger partial charge in [-0.05, 0) is 28.3 Å². The maximum atomic E-state index is 5.02. The van der Waals surface area contributed by atoms with E-state index in [1.165, 1.54) is 42.4 Å². The minimum absolute atomic E-state index is 0.668. The smallest absolute Gasteiger partial charge is 0.165 e. The fraction of sp³-hybridized carbons (Fsp3) is 0. The minimum Gasteiger partial charge on any atom is -0.208 e. The summed E-state index contributed by atoms with van der Waals surface area (Å²) in [7, 11) is 0. The zero-order valence-electron chi connectivity index (χ0n) is 23.2. The van der Waals surface area contributed by atoms with Crippen molar-refractivity contribution < 1.29 is 0 Å². The molecule has 3 nitrogen and oxygen atoms in total. The first-order valence-corrected chi connectivity index (χ1v) is 15.1. The van der Waals surface area contributed by atoms with Gasteiger partial charge in [-0.1, -0.05) is 146 Å². The lowest BCUT2D eigenvalue weighted by Crippen LogP contribution is -2.00. The molecule has 0 N–H and O–H groups in total. The quantitative estimate of drug-likeness (QED) is 0.208. The molecular weight excluding hydrogens is 543 g/mol. The summed E-state index contributed by atoms with van der Waals surface area (Å²) in [6, 6.07) is 52.7. The molecule has 0 atom stereocenters. The Morgan fingerprint density at radius 1 is 0.302 bits per heavy atom. The Labute approximate surface area is 253 Å². The highest BCUT2D eigenvalue weighted by Crippen LogP contribution is 2.43. The van der Waals surface area contributed by atoms with Gasteiger partial charge in [-0.3, -0.25) is 0 Å². The molecule has 6 aromatic carbocycles. The molecule has 4 heteroatoms. The van der Waals surface area contributed by atoms with Gasteiger partial charge in [-0.2, -0.15) is 0 Å². The number of aromatic nitrogens is 3. The lowest BCUT2D eigenvalue weighted by atomic mass is 9.99. The van der Waals surface area contributed by atoms with Gasteiger partial charge in [0.2, 0.25) is 0 Å². The first-order valence-electron chi connectivity index (χ1n) is 14.3. The van der Waals surface area contributed by atoms with Crippen LogP contribution in [0.25, 0.3) is 76.6 Å². The number of hydrogen-bond acceptors (Lipinski definition) is 4. The summed E-state index contributed by atoms with van der Waals surface area (Å²) in [6.45, 7) is 0. The Kier molecular flexibility index (Phi) is 6.32. The van der Waals surface area contributed by atoms with Crippen LogP contribution in [-0.2, 0) is 0 Å². The third-order valence-corrected chi connectivity index (χ3v) is 9.06. The highest BCUT2D eigenvalue weighted by molar-refractivity contribution is 7.26. The van der Waals surface area contributed by atoms with Crippen LogP contribution in [0, 0.1) is 0 Å². The van der Waals surface area contributed by atoms with Crippen LogP contribution in [0.15, 0.2) is 152 Å². The van der Waals surface area contributed by atoms with Gasteiger partial charge in [-0.15, -0.1) is 11.3 Å². The molecule has 0 saturated carbocycles. The van der Waals surface area contributed by atoms with E-state index in [1.54, 1.807) is 0 Å². The third-order valence-electron chi connectivity index (χ3n) is 7.77. The van der Waals surface area contributed by atoms with E-state index in [0.717, 1.165) is 16.7 Å². The summed E-state index contributed by atoms with van der Waals surface area (Å²) < 4.78 is 2.44. The molecule has 0 unspecified atom stereocenters. The van der Waals surface area contributed by atoms with E-state index in [0.29, 0.717) is 17.5 Å². The molecule has 0 bridgehead atoms. The van der Waals surface area contributed by atoms with Crippen molar-refractivity contribution in [2.45, 2.75) is 0 Å². The van der Waals surface area contributed by atoms with Crippen LogP contribution in [0.1, 0.15) is 0 Å². The molecular formula is C39H25N3S. The Morgan fingerprint density at radius 2 is 0.721 bits per heavy atom. The van der Waals surface area contributed by atoms with E-state index < -0.39 is 0 Å². The molecule has 202 valence electrons. The van der Waals surface area contributed by atoms with E-state index >= 15 is 0 Å². The number of fused-ring (bicyclic) bond motifs is 3. The maximum absolute atomic E-state index is 5.02. The summed E-state index contributed by atoms with van der Waals surface area (Å²) in [5.41, 5.74) is 7.82. The van der Waals surface area contributed by atoms with Gasteiger partial charge in [0, 0.05) is 36.9 Å². The number of hydrogen-bond donors (Lipinski definition) is 0. The monoisotopic (exact) mass is 567 g/mol. The fourth-order valence-corrected chi connectivity index (χ4v) is 6.97. The second-order valence-electron chi connectivity index (χ2n) is 10.4. The number of thiophene rings is 1. The molecule has 8 aromatic rings. The molecule has 0 saturated heterocycles. The van der Waals surface area contributed by atoms with Gasteiger partial charge in [0.25, 0.3) is 0 Å². The van der Waals surface area contributed by atoms with Crippen molar-refractivity contribution in [1.82, 2.24) is 15.0 Å². The van der Waals surface area contributed by atoms with E-state index in [2.05, 4.69) is 91.0 Å². The zero-order chi connectivity index (χ0) is 28.6. The largest absolute Gasteiger partial charge is 0.208 e. The van der Waals surface area contributed by atoms with Gasteiger partial charge in [-0.25, -0.2) is 15.0 Å². The lowest BCUT2D eigenvalue weighted by Gasteiger charge is -2.09. The van der Waals surface area contributed by atoms with E-state index in [4.69, 9.17) is 15.0 Å². The standard InChI is InChI=1S/C39H25N3S/c1-4-12-26(13-5-1)27-22-24-28(25-23-27)31-18-10-19-32-33-20-11-21-34(36(33)43-35(31)32)39-41-37(29-14-6-2-7-15-29)40-38(42-39)30-16-8-3-9-17-30/h1-25H. The molecule has 8 rings (SSSR count). The molecule has 0 radical (unpaired) electrons. The van der Waals surface area contributed by atoms with Gasteiger partial charge >= 0.3 is 0 Å². The summed E-state index contributed by atoms with van der Waals surface area (Å²) in [4.78, 5) is 14.9. The van der Waals surface area contributed by atoms with Gasteiger partial charge in [0.05, 0.1) is 0 Å². The van der Waals surface area contributed by atoms with Crippen molar-refractivity contribution in [2.24, 2.45) is 0 Å². The number of benzene rings is 6. The van der Waals surface area contributed by atoms with Crippen LogP contribution in [0.4, 0.5) is 0 Å². The average molecular weight is 568 g/mol. The first-order chi connectivity index (χ1) is 21.3. The van der Waals surface area contributed by atoms with Crippen molar-refractivity contribution in [3.63, 3.8) is 0 Å². The van der Waals surface area contributed by atoms with Gasteiger partial charge < -0.3 is 0 Å². The highest BCUT2D eigenvalue weighted by atomic mass is 32.1. The third kappa shape index (κ3) is 4.68. The topological polar surface area (TPSA) is 38.7 Å². The second-order valence-corrected chi connectivity index (χ2v) is 11.5. The van der Waals surface area contributed by atoms with Crippen molar-refractivity contribution in [1.29, 1.82) is 0 Å². The van der Waals surface area contributed by atoms with Crippen LogP contribution >= 0.6 is 11.3 Å². The van der Waals surface area contributed by atoms with Crippen molar-refractivity contribution in [3.8, 4) is 56.4 Å². The predicted molar refractivity (Wildman–Crippen MR) is 180 cm³/mol. The first kappa shape index (κ1) is 25.3. The molecule has 2 heterocycles. The molecule has 0 aliphatic heterocycles. The molecule has 0 amide bonds. The molecule has 0 spiro atoms. The Hall–Kier alpha value is -5.45. The number of nitrogens with zero attached hydrogens (tertiary/aromatic N) is 3. The van der Waals surface area contributed by atoms with Crippen LogP contribution < -0.4 is 0 Å². The Bertz CT molecular complexity index is 2150. The number of rotatable bonds is 5. The Balaban J connectivity index is 1.29. The second kappa shape index (κ2) is 10.8. The van der Waals surface area contributed by atoms with Crippen LogP contribution in [-0.4, -0.2) is 15.0 Å². The maximum Gasteiger partial charge on any atom is 0.165 e. The summed E-state index contributed by atoms with van der Waals surface area (Å²) >= 11 is 1.81. The molecule has 43 heavy (non-hydrogen) atoms. The predicted octanol–water partition coefficient (Wildman–Crippen LogP) is 10.6. The molecule has 0 aliphatic rings. The molecule has 0 aliphatic carbocycles. The average Bonchev–Trinajstić information content (AvgIpc) is 3.49. The van der Waals surface area contributed by atoms with Crippen LogP contribution in [0.5, 0.6) is 0 Å². The normalized spacial score (nSPS) is 11.3. The van der Waals surface area contributed by atoms with E-state index in [9.17, 15) is 0 Å². The molecule has 0 fully saturated rings. The van der Waals surface area contributed by atoms with Crippen molar-refractivity contribution in [3.05, 3.63) is 152 Å². The highest BCUT2D eigenvalue weighted by Gasteiger charge is 2.18. The Morgan fingerprint density at radius 3 is 1.28 bits per heavy atom. The van der Waals surface area contributed by atoms with Crippen LogP contribution in [0.2, 0.25) is 0 Å². The zero-order valence-corrected chi connectivity index (χ0v) is 24.0. The molecule has 2 aromatic heterocycles. The fourth-order valence-electron chi connectivity index (χ4n) is 5.63. The van der Waals surface area contributed by atoms with Crippen molar-refractivity contribution >= 4 is 31.5 Å². The van der Waals surface area contributed by atoms with E-state index in [-0.39, 0.29) is 0 Å². The van der Waals surface area contributed by atoms with Gasteiger partial charge in [0.1, 0.15) is 0 Å². The summed E-state index contributed by atoms with van der Waals surface area (Å²) in [5, 5.41) is 2.45. The lowest BCUT2D eigenvalue weighted by molar-refractivity contribution is 1.08. The van der Waals surface area contributed by atoms with Crippen molar-refractivity contribution in [2.75, 3.05) is 0 Å². The van der Waals surface area contributed by atoms with E-state index in [1.807, 2.05) is 72.0 Å². The van der Waals surface area contributed by atoms with Gasteiger partial charge in [0.15, 0.2) is 17.5 Å². The summed E-state index contributed by atoms with van der Waals surface area (Å²) in [6.07, 6.45) is 0. The minimum atomic E-state index is 0.668. The van der Waals surface area contributed by atoms with Crippen LogP contribution in [0.3, 0.4) is 0 Å². The summed E-state index contributed by atoms with van der Waals surface area (Å²) in [5.74, 6) is 2.02.